The molecule has 5 nitrogen and oxygen atoms in total. The summed E-state index contributed by atoms with van der Waals surface area (Å²) in [6.45, 7) is 3.98. The Balaban J connectivity index is 0.000000609. The molecular weight excluding hydrogens is 367 g/mol. The lowest BCUT2D eigenvalue weighted by Crippen LogP contribution is -2.18. The minimum atomic E-state index is -0.889. The van der Waals surface area contributed by atoms with Crippen LogP contribution in [0.25, 0.3) is 0 Å². The molecule has 7 heteroatoms. The second-order valence-electron chi connectivity index (χ2n) is 5.39. The molecule has 0 spiro atoms. The van der Waals surface area contributed by atoms with Gasteiger partial charge in [0, 0.05) is 5.41 Å². The fourth-order valence-electron chi connectivity index (χ4n) is 1.92. The van der Waals surface area contributed by atoms with E-state index in [2.05, 4.69) is 37.0 Å². The molecule has 0 amide bonds. The highest BCUT2D eigenvalue weighted by atomic mass is 35.5. The summed E-state index contributed by atoms with van der Waals surface area (Å²) >= 11 is 8.80. The molecule has 0 heterocycles. The Hall–Kier alpha value is -1.79. The van der Waals surface area contributed by atoms with Crippen LogP contribution in [-0.4, -0.2) is 38.3 Å². The van der Waals surface area contributed by atoms with E-state index in [1.807, 2.05) is 24.3 Å². The predicted octanol–water partition coefficient (Wildman–Crippen LogP) is 3.98. The summed E-state index contributed by atoms with van der Waals surface area (Å²) in [6.07, 6.45) is 0. The first-order chi connectivity index (χ1) is 11.6. The van der Waals surface area contributed by atoms with Gasteiger partial charge in [-0.3, -0.25) is 4.79 Å². The fraction of sp³-hybridized carbons (Fsp3) is 0.278. The molecule has 0 aromatic heterocycles. The van der Waals surface area contributed by atoms with Gasteiger partial charge >= 0.3 is 4.70 Å². The normalized spacial score (nSPS) is 10.0. The SMILES string of the molecule is CC(C)(c1ccc(O)cc1)c1ccc(O)cc1.O=C(Cl)Cl.OCCO. The standard InChI is InChI=1S/C15H16O2.C2H6O2.CCl2O/c1-15(2,11-3-7-13(16)8-4-11)12-5-9-14(17)10-6-12;3-1-2-4;2-1(3)4/h3-10,16-17H,1-2H3;3-4H,1-2H2;. The number of benzene rings is 2. The van der Waals surface area contributed by atoms with Crippen LogP contribution in [0.3, 0.4) is 0 Å². The van der Waals surface area contributed by atoms with E-state index in [-0.39, 0.29) is 30.1 Å². The third-order valence-corrected chi connectivity index (χ3v) is 3.28. The number of halogens is 2. The van der Waals surface area contributed by atoms with Gasteiger partial charge in [-0.1, -0.05) is 38.1 Å². The van der Waals surface area contributed by atoms with Gasteiger partial charge in [0.1, 0.15) is 11.5 Å². The molecule has 0 bridgehead atoms. The van der Waals surface area contributed by atoms with E-state index >= 15 is 0 Å². The van der Waals surface area contributed by atoms with Crippen molar-refractivity contribution >= 4 is 27.9 Å². The summed E-state index contributed by atoms with van der Waals surface area (Å²) in [5.74, 6) is 0.547. The van der Waals surface area contributed by atoms with E-state index in [9.17, 15) is 10.2 Å². The maximum absolute atomic E-state index is 9.30. The van der Waals surface area contributed by atoms with Crippen LogP contribution >= 0.6 is 23.2 Å². The van der Waals surface area contributed by atoms with Crippen LogP contribution in [0.15, 0.2) is 48.5 Å². The molecule has 0 saturated carbocycles. The third kappa shape index (κ3) is 9.31. The average Bonchev–Trinajstić information content (AvgIpc) is 2.55. The van der Waals surface area contributed by atoms with Gasteiger partial charge in [0.15, 0.2) is 0 Å². The molecule has 0 radical (unpaired) electrons. The summed E-state index contributed by atoms with van der Waals surface area (Å²) in [4.78, 5) is 8.98. The highest BCUT2D eigenvalue weighted by molar-refractivity contribution is 6.93. The molecule has 0 aliphatic carbocycles. The van der Waals surface area contributed by atoms with Crippen LogP contribution in [0.1, 0.15) is 25.0 Å². The first kappa shape index (κ1) is 23.2. The minimum absolute atomic E-state index is 0.125. The molecule has 25 heavy (non-hydrogen) atoms. The molecule has 0 fully saturated rings. The number of rotatable bonds is 3. The third-order valence-electron chi connectivity index (χ3n) is 3.28. The van der Waals surface area contributed by atoms with Crippen molar-refractivity contribution in [2.45, 2.75) is 19.3 Å². The van der Waals surface area contributed by atoms with Crippen molar-refractivity contribution in [3.8, 4) is 11.5 Å². The number of carbonyl (C=O) groups excluding carboxylic acids is 1. The lowest BCUT2D eigenvalue weighted by molar-refractivity contribution is 0.186. The number of phenols is 2. The number of phenolic OH excluding ortho intramolecular Hbond substituents is 2. The smallest absolute Gasteiger partial charge is 0.313 e. The Morgan fingerprint density at radius 3 is 1.24 bits per heavy atom. The van der Waals surface area contributed by atoms with Crippen molar-refractivity contribution in [1.82, 2.24) is 0 Å². The van der Waals surface area contributed by atoms with Gasteiger partial charge in [0.25, 0.3) is 0 Å². The van der Waals surface area contributed by atoms with E-state index in [0.29, 0.717) is 0 Å². The van der Waals surface area contributed by atoms with Crippen LogP contribution in [0, 0.1) is 0 Å². The Bertz CT molecular complexity index is 571. The largest absolute Gasteiger partial charge is 0.508 e. The molecule has 0 aliphatic heterocycles. The van der Waals surface area contributed by atoms with Gasteiger partial charge in [-0.05, 0) is 58.6 Å². The van der Waals surface area contributed by atoms with Gasteiger partial charge in [-0.2, -0.15) is 0 Å². The number of hydrogen-bond acceptors (Lipinski definition) is 5. The zero-order valence-electron chi connectivity index (χ0n) is 14.0. The summed E-state index contributed by atoms with van der Waals surface area (Å²) in [6, 6.07) is 14.4. The second-order valence-corrected chi connectivity index (χ2v) is 6.27. The number of aliphatic hydroxyl groups is 2. The molecule has 4 N–H and O–H groups in total. The number of hydrogen-bond donors (Lipinski definition) is 4. The Labute approximate surface area is 157 Å². The molecule has 2 rings (SSSR count). The van der Waals surface area contributed by atoms with E-state index in [1.54, 1.807) is 24.3 Å². The van der Waals surface area contributed by atoms with E-state index < -0.39 is 4.70 Å². The number of aromatic hydroxyl groups is 2. The van der Waals surface area contributed by atoms with Crippen molar-refractivity contribution in [2.24, 2.45) is 0 Å². The van der Waals surface area contributed by atoms with E-state index in [4.69, 9.17) is 15.0 Å². The van der Waals surface area contributed by atoms with Crippen molar-refractivity contribution < 1.29 is 25.2 Å². The van der Waals surface area contributed by atoms with Crippen LogP contribution in [0.4, 0.5) is 4.79 Å². The molecule has 0 unspecified atom stereocenters. The fourth-order valence-corrected chi connectivity index (χ4v) is 1.92. The summed E-state index contributed by atoms with van der Waals surface area (Å²) < 4.78 is -0.889. The summed E-state index contributed by atoms with van der Waals surface area (Å²) in [7, 11) is 0. The highest BCUT2D eigenvalue weighted by Crippen LogP contribution is 2.32. The monoisotopic (exact) mass is 388 g/mol. The number of carbonyl (C=O) groups is 1. The van der Waals surface area contributed by atoms with Gasteiger partial charge in [0.2, 0.25) is 0 Å². The van der Waals surface area contributed by atoms with Crippen LogP contribution in [0.2, 0.25) is 0 Å². The van der Waals surface area contributed by atoms with Crippen LogP contribution in [0.5, 0.6) is 11.5 Å². The zero-order chi connectivity index (χ0) is 19.5. The van der Waals surface area contributed by atoms with E-state index in [0.717, 1.165) is 11.1 Å². The predicted molar refractivity (Wildman–Crippen MR) is 99.6 cm³/mol. The summed E-state index contributed by atoms with van der Waals surface area (Å²) in [5.41, 5.74) is 2.10. The van der Waals surface area contributed by atoms with E-state index in [1.165, 1.54) is 0 Å². The molecule has 138 valence electrons. The topological polar surface area (TPSA) is 98.0 Å². The highest BCUT2D eigenvalue weighted by Gasteiger charge is 2.22. The quantitative estimate of drug-likeness (QED) is 0.596. The Kier molecular flexibility index (Phi) is 10.9. The first-order valence-corrected chi connectivity index (χ1v) is 8.06. The van der Waals surface area contributed by atoms with Crippen LogP contribution < -0.4 is 0 Å². The Morgan fingerprint density at radius 2 is 1.04 bits per heavy atom. The van der Waals surface area contributed by atoms with Crippen molar-refractivity contribution in [3.63, 3.8) is 0 Å². The van der Waals surface area contributed by atoms with Crippen molar-refractivity contribution in [3.05, 3.63) is 59.7 Å². The molecule has 0 aliphatic rings. The van der Waals surface area contributed by atoms with Gasteiger partial charge in [-0.25, -0.2) is 0 Å². The second kappa shape index (κ2) is 11.7. The van der Waals surface area contributed by atoms with Gasteiger partial charge in [0.05, 0.1) is 13.2 Å². The summed E-state index contributed by atoms with van der Waals surface area (Å²) in [5, 5.41) is 33.8. The first-order valence-electron chi connectivity index (χ1n) is 7.30. The van der Waals surface area contributed by atoms with Crippen LogP contribution in [-0.2, 0) is 5.41 Å². The van der Waals surface area contributed by atoms with Crippen molar-refractivity contribution in [1.29, 1.82) is 0 Å². The maximum atomic E-state index is 9.30. The Morgan fingerprint density at radius 1 is 0.800 bits per heavy atom. The lowest BCUT2D eigenvalue weighted by Gasteiger charge is -2.26. The minimum Gasteiger partial charge on any atom is -0.508 e. The molecule has 0 saturated heterocycles. The van der Waals surface area contributed by atoms with Crippen molar-refractivity contribution in [2.75, 3.05) is 13.2 Å². The molecule has 2 aromatic carbocycles. The zero-order valence-corrected chi connectivity index (χ0v) is 15.5. The molecule has 2 aromatic rings. The number of aliphatic hydroxyl groups excluding tert-OH is 2. The lowest BCUT2D eigenvalue weighted by atomic mass is 9.78. The van der Waals surface area contributed by atoms with Gasteiger partial charge < -0.3 is 20.4 Å². The van der Waals surface area contributed by atoms with Gasteiger partial charge in [-0.15, -0.1) is 0 Å². The molecule has 0 atom stereocenters. The molecular formula is C18H22Cl2O5. The average molecular weight is 389 g/mol. The maximum Gasteiger partial charge on any atom is 0.313 e.